The van der Waals surface area contributed by atoms with Crippen LogP contribution in [0.4, 0.5) is 0 Å². The highest BCUT2D eigenvalue weighted by Crippen LogP contribution is 2.52. The maximum Gasteiger partial charge on any atom is 0.233 e. The van der Waals surface area contributed by atoms with Crippen LogP contribution in [0.5, 0.6) is 0 Å². The van der Waals surface area contributed by atoms with Gasteiger partial charge in [-0.3, -0.25) is 24.2 Å². The molecule has 174 valence electrons. The summed E-state index contributed by atoms with van der Waals surface area (Å²) in [5.74, 6) is 0.844. The van der Waals surface area contributed by atoms with Crippen LogP contribution in [0.1, 0.15) is 17.5 Å². The van der Waals surface area contributed by atoms with Gasteiger partial charge in [-0.25, -0.2) is 0 Å². The molecule has 1 saturated heterocycles. The van der Waals surface area contributed by atoms with Crippen LogP contribution in [0.15, 0.2) is 59.9 Å². The van der Waals surface area contributed by atoms with E-state index < -0.39 is 0 Å². The molecule has 2 aromatic rings. The molecule has 2 fully saturated rings. The number of carbonyl (C=O) groups is 2. The van der Waals surface area contributed by atoms with E-state index in [0.717, 1.165) is 12.0 Å². The molecule has 2 amide bonds. The van der Waals surface area contributed by atoms with Crippen molar-refractivity contribution < 1.29 is 9.59 Å². The molecule has 5 rings (SSSR count). The zero-order valence-corrected chi connectivity index (χ0v) is 20.9. The number of amides is 2. The Bertz CT molecular complexity index is 1040. The summed E-state index contributed by atoms with van der Waals surface area (Å²) in [5, 5.41) is 10.8. The maximum atomic E-state index is 12.8. The highest BCUT2D eigenvalue weighted by Gasteiger charge is 2.58. The van der Waals surface area contributed by atoms with E-state index in [-0.39, 0.29) is 59.5 Å². The first-order valence-electron chi connectivity index (χ1n) is 11.2. The predicted octanol–water partition coefficient (Wildman–Crippen LogP) is 2.02. The van der Waals surface area contributed by atoms with Crippen LogP contribution >= 0.6 is 24.0 Å². The highest BCUT2D eigenvalue weighted by molar-refractivity contribution is 14.0. The molecule has 4 unspecified atom stereocenters. The molecule has 1 aromatic carbocycles. The van der Waals surface area contributed by atoms with Gasteiger partial charge in [0.1, 0.15) is 0 Å². The summed E-state index contributed by atoms with van der Waals surface area (Å²) in [6.45, 7) is 2.14. The van der Waals surface area contributed by atoms with Crippen molar-refractivity contribution in [2.24, 2.45) is 28.7 Å². The summed E-state index contributed by atoms with van der Waals surface area (Å²) in [4.78, 5) is 31.3. The van der Waals surface area contributed by atoms with Crippen LogP contribution in [0.2, 0.25) is 0 Å². The van der Waals surface area contributed by atoms with Crippen molar-refractivity contribution in [3.8, 4) is 0 Å². The predicted molar refractivity (Wildman–Crippen MR) is 136 cm³/mol. The van der Waals surface area contributed by atoms with Crippen LogP contribution in [0.3, 0.4) is 0 Å². The Morgan fingerprint density at radius 2 is 1.76 bits per heavy atom. The van der Waals surface area contributed by atoms with Gasteiger partial charge in [-0.2, -0.15) is 5.10 Å². The Morgan fingerprint density at radius 3 is 2.39 bits per heavy atom. The van der Waals surface area contributed by atoms with Crippen LogP contribution in [0, 0.1) is 23.7 Å². The molecule has 33 heavy (non-hydrogen) atoms. The number of fused-ring (bicyclic) bond motifs is 5. The summed E-state index contributed by atoms with van der Waals surface area (Å²) < 4.78 is 1.90. The second-order valence-corrected chi connectivity index (χ2v) is 8.65. The number of aromatic nitrogens is 2. The van der Waals surface area contributed by atoms with Gasteiger partial charge in [0.05, 0.1) is 18.4 Å². The van der Waals surface area contributed by atoms with Crippen molar-refractivity contribution in [1.82, 2.24) is 25.3 Å². The third-order valence-electron chi connectivity index (χ3n) is 6.87. The second kappa shape index (κ2) is 10.1. The molecule has 2 aliphatic carbocycles. The molecule has 9 heteroatoms. The number of allylic oxidation sites excluding steroid dienone is 2. The Kier molecular flexibility index (Phi) is 7.16. The van der Waals surface area contributed by atoms with E-state index in [9.17, 15) is 9.59 Å². The lowest BCUT2D eigenvalue weighted by atomic mass is 9.85. The van der Waals surface area contributed by atoms with Crippen molar-refractivity contribution in [2.45, 2.75) is 19.5 Å². The van der Waals surface area contributed by atoms with Gasteiger partial charge in [0.15, 0.2) is 5.96 Å². The van der Waals surface area contributed by atoms with E-state index in [2.05, 4.69) is 45.0 Å². The molecule has 8 nitrogen and oxygen atoms in total. The number of aliphatic imine (C=N–C) groups is 1. The quantitative estimate of drug-likeness (QED) is 0.178. The number of hydrogen-bond donors (Lipinski definition) is 2. The minimum absolute atomic E-state index is 0. The molecule has 1 saturated carbocycles. The van der Waals surface area contributed by atoms with Crippen LogP contribution in [-0.4, -0.2) is 52.6 Å². The fourth-order valence-corrected chi connectivity index (χ4v) is 5.32. The van der Waals surface area contributed by atoms with E-state index in [4.69, 9.17) is 0 Å². The van der Waals surface area contributed by atoms with Crippen LogP contribution in [0.25, 0.3) is 0 Å². The number of imide groups is 1. The lowest BCUT2D eigenvalue weighted by Crippen LogP contribution is -2.43. The first-order valence-corrected chi connectivity index (χ1v) is 11.2. The van der Waals surface area contributed by atoms with Crippen molar-refractivity contribution in [2.75, 3.05) is 20.1 Å². The first kappa shape index (κ1) is 23.5. The largest absolute Gasteiger partial charge is 0.355 e. The molecule has 2 N–H and O–H groups in total. The average molecular weight is 560 g/mol. The average Bonchev–Trinajstić information content (AvgIpc) is 3.59. The molecule has 1 aromatic heterocycles. The summed E-state index contributed by atoms with van der Waals surface area (Å²) in [6.07, 6.45) is 8.92. The molecule has 2 heterocycles. The van der Waals surface area contributed by atoms with Gasteiger partial charge in [0, 0.05) is 39.1 Å². The fourth-order valence-electron chi connectivity index (χ4n) is 5.32. The van der Waals surface area contributed by atoms with E-state index >= 15 is 0 Å². The number of rotatable bonds is 7. The molecule has 3 aliphatic rings. The van der Waals surface area contributed by atoms with Gasteiger partial charge in [0.2, 0.25) is 11.8 Å². The lowest BCUT2D eigenvalue weighted by molar-refractivity contribution is -0.140. The standard InChI is InChI=1S/C24H28N6O2.HI/c1-25-24(27-14-18-5-2-3-6-19(18)15-29-11-4-9-28-29)26-10-12-30-22(31)20-16-7-8-17(13-16)21(20)23(30)32;/h2-9,11,16-17,20-21H,10,12-15H2,1H3,(H2,25,26,27);1H. The number of nitrogens with one attached hydrogen (secondary N) is 2. The molecular weight excluding hydrogens is 531 g/mol. The highest BCUT2D eigenvalue weighted by atomic mass is 127. The number of halogens is 1. The zero-order valence-electron chi connectivity index (χ0n) is 18.6. The molecule has 1 aliphatic heterocycles. The zero-order chi connectivity index (χ0) is 22.1. The molecular formula is C24H29IN6O2. The third-order valence-corrected chi connectivity index (χ3v) is 6.87. The van der Waals surface area contributed by atoms with Crippen LogP contribution in [-0.2, 0) is 22.7 Å². The summed E-state index contributed by atoms with van der Waals surface area (Å²) in [5.41, 5.74) is 2.34. The maximum absolute atomic E-state index is 12.8. The monoisotopic (exact) mass is 560 g/mol. The number of carbonyl (C=O) groups excluding carboxylic acids is 2. The number of likely N-dealkylation sites (tertiary alicyclic amines) is 1. The fraction of sp³-hybridized carbons (Fsp3) is 0.417. The number of benzene rings is 1. The van der Waals surface area contributed by atoms with Crippen molar-refractivity contribution in [3.05, 3.63) is 66.0 Å². The van der Waals surface area contributed by atoms with Crippen molar-refractivity contribution in [3.63, 3.8) is 0 Å². The van der Waals surface area contributed by atoms with Gasteiger partial charge in [0.25, 0.3) is 0 Å². The van der Waals surface area contributed by atoms with Gasteiger partial charge in [-0.1, -0.05) is 36.4 Å². The van der Waals surface area contributed by atoms with Gasteiger partial charge < -0.3 is 10.6 Å². The number of guanidine groups is 1. The molecule has 2 bridgehead atoms. The van der Waals surface area contributed by atoms with E-state index in [1.165, 1.54) is 10.5 Å². The SMILES string of the molecule is CN=C(NCCN1C(=O)C2C3C=CC(C3)C2C1=O)NCc1ccccc1Cn1cccn1.I. The third kappa shape index (κ3) is 4.55. The van der Waals surface area contributed by atoms with Gasteiger partial charge >= 0.3 is 0 Å². The second-order valence-electron chi connectivity index (χ2n) is 8.65. The summed E-state index contributed by atoms with van der Waals surface area (Å²) >= 11 is 0. The van der Waals surface area contributed by atoms with E-state index in [0.29, 0.717) is 32.1 Å². The Balaban J connectivity index is 0.00000259. The van der Waals surface area contributed by atoms with E-state index in [1.807, 2.05) is 29.1 Å². The van der Waals surface area contributed by atoms with Crippen molar-refractivity contribution in [1.29, 1.82) is 0 Å². The minimum atomic E-state index is -0.138. The van der Waals surface area contributed by atoms with Crippen LogP contribution < -0.4 is 10.6 Å². The van der Waals surface area contributed by atoms with Gasteiger partial charge in [-0.05, 0) is 35.4 Å². The number of hydrogen-bond acceptors (Lipinski definition) is 4. The summed E-state index contributed by atoms with van der Waals surface area (Å²) in [6, 6.07) is 10.1. The topological polar surface area (TPSA) is 91.6 Å². The normalized spacial score (nSPS) is 25.4. The smallest absolute Gasteiger partial charge is 0.233 e. The Morgan fingerprint density at radius 1 is 1.06 bits per heavy atom. The molecule has 4 atom stereocenters. The Hall–Kier alpha value is -2.69. The van der Waals surface area contributed by atoms with Crippen molar-refractivity contribution >= 4 is 41.8 Å². The molecule has 0 spiro atoms. The molecule has 0 radical (unpaired) electrons. The number of nitrogens with zero attached hydrogens (tertiary/aromatic N) is 4. The first-order chi connectivity index (χ1) is 15.7. The minimum Gasteiger partial charge on any atom is -0.355 e. The van der Waals surface area contributed by atoms with E-state index in [1.54, 1.807) is 13.2 Å². The summed E-state index contributed by atoms with van der Waals surface area (Å²) in [7, 11) is 1.71. The Labute approximate surface area is 210 Å². The van der Waals surface area contributed by atoms with Gasteiger partial charge in [-0.15, -0.1) is 24.0 Å². The lowest BCUT2D eigenvalue weighted by Gasteiger charge is -2.19.